The molecule has 1 aliphatic rings. The Hall–Kier alpha value is -2.04. The first-order valence-electron chi connectivity index (χ1n) is 6.22. The zero-order chi connectivity index (χ0) is 15.0. The van der Waals surface area contributed by atoms with E-state index in [2.05, 4.69) is 10.6 Å². The van der Waals surface area contributed by atoms with Gasteiger partial charge in [-0.25, -0.2) is 0 Å². The molecule has 0 spiro atoms. The van der Waals surface area contributed by atoms with Crippen molar-refractivity contribution < 1.29 is 9.59 Å². The molecule has 1 heterocycles. The van der Waals surface area contributed by atoms with Gasteiger partial charge in [-0.15, -0.1) is 0 Å². The van der Waals surface area contributed by atoms with Crippen molar-refractivity contribution >= 4 is 46.4 Å². The number of hydrogen-bond donors (Lipinski definition) is 2. The first-order valence-corrected chi connectivity index (χ1v) is 6.98. The van der Waals surface area contributed by atoms with Gasteiger partial charge in [0.15, 0.2) is 0 Å². The van der Waals surface area contributed by atoms with Gasteiger partial charge in [-0.05, 0) is 42.0 Å². The van der Waals surface area contributed by atoms with E-state index in [1.165, 1.54) is 0 Å². The summed E-state index contributed by atoms with van der Waals surface area (Å²) in [5.41, 5.74) is 2.52. The number of carbonyl (C=O) groups is 2. The van der Waals surface area contributed by atoms with E-state index >= 15 is 0 Å². The molecule has 106 valence electrons. The molecule has 2 aromatic carbocycles. The molecule has 2 amide bonds. The Morgan fingerprint density at radius 2 is 1.95 bits per heavy atom. The third kappa shape index (κ3) is 2.86. The summed E-state index contributed by atoms with van der Waals surface area (Å²) in [6.45, 7) is 0. The molecule has 6 heteroatoms. The number of rotatable bonds is 2. The smallest absolute Gasteiger partial charge is 0.255 e. The van der Waals surface area contributed by atoms with E-state index in [4.69, 9.17) is 23.2 Å². The standard InChI is InChI=1S/C15H10Cl2N2O2/c16-10-2-4-13(11(17)7-10)19-15(21)8-1-3-12-9(5-8)6-14(20)18-12/h1-5,7H,6H2,(H,18,20)(H,19,21). The molecule has 0 radical (unpaired) electrons. The number of nitrogens with one attached hydrogen (secondary N) is 2. The summed E-state index contributed by atoms with van der Waals surface area (Å²) in [4.78, 5) is 23.5. The summed E-state index contributed by atoms with van der Waals surface area (Å²) in [5, 5.41) is 6.31. The van der Waals surface area contributed by atoms with Gasteiger partial charge < -0.3 is 10.6 Å². The Morgan fingerprint density at radius 3 is 2.71 bits per heavy atom. The van der Waals surface area contributed by atoms with E-state index in [0.29, 0.717) is 21.3 Å². The quantitative estimate of drug-likeness (QED) is 0.885. The Labute approximate surface area is 131 Å². The molecule has 0 unspecified atom stereocenters. The van der Waals surface area contributed by atoms with E-state index in [1.807, 2.05) is 0 Å². The second kappa shape index (κ2) is 5.39. The van der Waals surface area contributed by atoms with E-state index in [1.54, 1.807) is 36.4 Å². The highest BCUT2D eigenvalue weighted by atomic mass is 35.5. The number of carbonyl (C=O) groups excluding carboxylic acids is 2. The average molecular weight is 321 g/mol. The lowest BCUT2D eigenvalue weighted by atomic mass is 10.1. The van der Waals surface area contributed by atoms with Gasteiger partial charge in [0.2, 0.25) is 5.91 Å². The van der Waals surface area contributed by atoms with Crippen molar-refractivity contribution in [1.29, 1.82) is 0 Å². The maximum Gasteiger partial charge on any atom is 0.255 e. The van der Waals surface area contributed by atoms with Crippen LogP contribution in [-0.2, 0) is 11.2 Å². The van der Waals surface area contributed by atoms with Crippen LogP contribution in [0.15, 0.2) is 36.4 Å². The van der Waals surface area contributed by atoms with E-state index in [-0.39, 0.29) is 18.2 Å². The molecule has 0 aromatic heterocycles. The van der Waals surface area contributed by atoms with Crippen LogP contribution in [-0.4, -0.2) is 11.8 Å². The van der Waals surface area contributed by atoms with Crippen LogP contribution >= 0.6 is 23.2 Å². The Kier molecular flexibility index (Phi) is 3.57. The van der Waals surface area contributed by atoms with Crippen LogP contribution in [0.3, 0.4) is 0 Å². The minimum Gasteiger partial charge on any atom is -0.326 e. The van der Waals surface area contributed by atoms with Gasteiger partial charge in [0.1, 0.15) is 0 Å². The highest BCUT2D eigenvalue weighted by Crippen LogP contribution is 2.27. The predicted octanol–water partition coefficient (Wildman–Crippen LogP) is 3.74. The number of amides is 2. The molecule has 2 N–H and O–H groups in total. The summed E-state index contributed by atoms with van der Waals surface area (Å²) >= 11 is 11.8. The molecule has 1 aliphatic heterocycles. The fraction of sp³-hybridized carbons (Fsp3) is 0.0667. The number of halogens is 2. The minimum absolute atomic E-state index is 0.0664. The first kappa shape index (κ1) is 13.9. The number of benzene rings is 2. The molecule has 0 atom stereocenters. The van der Waals surface area contributed by atoms with Gasteiger partial charge in [-0.2, -0.15) is 0 Å². The number of fused-ring (bicyclic) bond motifs is 1. The summed E-state index contributed by atoms with van der Waals surface area (Å²) < 4.78 is 0. The lowest BCUT2D eigenvalue weighted by Gasteiger charge is -2.08. The topological polar surface area (TPSA) is 58.2 Å². The third-order valence-corrected chi connectivity index (χ3v) is 3.72. The molecule has 0 saturated heterocycles. The largest absolute Gasteiger partial charge is 0.326 e. The van der Waals surface area contributed by atoms with Crippen molar-refractivity contribution in [2.45, 2.75) is 6.42 Å². The van der Waals surface area contributed by atoms with E-state index in [0.717, 1.165) is 11.3 Å². The van der Waals surface area contributed by atoms with Crippen LogP contribution in [0.2, 0.25) is 10.0 Å². The summed E-state index contributed by atoms with van der Waals surface area (Å²) in [6, 6.07) is 9.92. The van der Waals surface area contributed by atoms with Gasteiger partial charge in [0.25, 0.3) is 5.91 Å². The zero-order valence-electron chi connectivity index (χ0n) is 10.7. The monoisotopic (exact) mass is 320 g/mol. The molecule has 0 bridgehead atoms. The fourth-order valence-corrected chi connectivity index (χ4v) is 2.61. The molecule has 2 aromatic rings. The van der Waals surface area contributed by atoms with Crippen molar-refractivity contribution in [3.05, 3.63) is 57.6 Å². The molecule has 0 fully saturated rings. The molecule has 21 heavy (non-hydrogen) atoms. The molecule has 4 nitrogen and oxygen atoms in total. The molecule has 3 rings (SSSR count). The van der Waals surface area contributed by atoms with Gasteiger partial charge in [-0.3, -0.25) is 9.59 Å². The van der Waals surface area contributed by atoms with Crippen molar-refractivity contribution in [2.75, 3.05) is 10.6 Å². The first-order chi connectivity index (χ1) is 10.0. The normalized spacial score (nSPS) is 12.8. The zero-order valence-corrected chi connectivity index (χ0v) is 12.3. The van der Waals surface area contributed by atoms with Crippen LogP contribution in [0, 0.1) is 0 Å². The summed E-state index contributed by atoms with van der Waals surface area (Å²) in [6.07, 6.45) is 0.290. The summed E-state index contributed by atoms with van der Waals surface area (Å²) in [5.74, 6) is -0.357. The Morgan fingerprint density at radius 1 is 1.14 bits per heavy atom. The highest BCUT2D eigenvalue weighted by Gasteiger charge is 2.19. The van der Waals surface area contributed by atoms with Crippen LogP contribution < -0.4 is 10.6 Å². The maximum absolute atomic E-state index is 12.2. The van der Waals surface area contributed by atoms with Gasteiger partial charge in [0, 0.05) is 16.3 Å². The molecule has 0 saturated carbocycles. The molecule has 0 aliphatic carbocycles. The lowest BCUT2D eigenvalue weighted by molar-refractivity contribution is -0.115. The molecular formula is C15H10Cl2N2O2. The van der Waals surface area contributed by atoms with Gasteiger partial charge in [0.05, 0.1) is 17.1 Å². The Bertz CT molecular complexity index is 759. The fourth-order valence-electron chi connectivity index (χ4n) is 2.16. The van der Waals surface area contributed by atoms with E-state index < -0.39 is 0 Å². The third-order valence-electron chi connectivity index (χ3n) is 3.17. The second-order valence-electron chi connectivity index (χ2n) is 4.68. The SMILES string of the molecule is O=C1Cc2cc(C(=O)Nc3ccc(Cl)cc3Cl)ccc2N1. The maximum atomic E-state index is 12.2. The Balaban J connectivity index is 1.83. The van der Waals surface area contributed by atoms with Crippen LogP contribution in [0.1, 0.15) is 15.9 Å². The van der Waals surface area contributed by atoms with Crippen molar-refractivity contribution in [3.8, 4) is 0 Å². The highest BCUT2D eigenvalue weighted by molar-refractivity contribution is 6.36. The number of hydrogen-bond acceptors (Lipinski definition) is 2. The average Bonchev–Trinajstić information content (AvgIpc) is 2.80. The molecular weight excluding hydrogens is 311 g/mol. The van der Waals surface area contributed by atoms with Crippen molar-refractivity contribution in [3.63, 3.8) is 0 Å². The van der Waals surface area contributed by atoms with Crippen LogP contribution in [0.4, 0.5) is 11.4 Å². The second-order valence-corrected chi connectivity index (χ2v) is 5.52. The van der Waals surface area contributed by atoms with E-state index in [9.17, 15) is 9.59 Å². The number of anilines is 2. The predicted molar refractivity (Wildman–Crippen MR) is 83.2 cm³/mol. The van der Waals surface area contributed by atoms with Crippen LogP contribution in [0.25, 0.3) is 0 Å². The van der Waals surface area contributed by atoms with Crippen LogP contribution in [0.5, 0.6) is 0 Å². The van der Waals surface area contributed by atoms with Crippen molar-refractivity contribution in [1.82, 2.24) is 0 Å². The summed E-state index contributed by atoms with van der Waals surface area (Å²) in [7, 11) is 0. The minimum atomic E-state index is -0.290. The van der Waals surface area contributed by atoms with Gasteiger partial charge in [-0.1, -0.05) is 23.2 Å². The van der Waals surface area contributed by atoms with Crippen molar-refractivity contribution in [2.24, 2.45) is 0 Å². The lowest BCUT2D eigenvalue weighted by Crippen LogP contribution is -2.12. The van der Waals surface area contributed by atoms with Gasteiger partial charge >= 0.3 is 0 Å².